The lowest BCUT2D eigenvalue weighted by atomic mass is 10.1. The van der Waals surface area contributed by atoms with E-state index in [4.69, 9.17) is 0 Å². The molecule has 0 aliphatic heterocycles. The third-order valence-corrected chi connectivity index (χ3v) is 5.22. The Morgan fingerprint density at radius 2 is 1.76 bits per heavy atom. The number of amides is 1. The molecule has 0 N–H and O–H groups in total. The highest BCUT2D eigenvalue weighted by molar-refractivity contribution is 5.94. The summed E-state index contributed by atoms with van der Waals surface area (Å²) in [5, 5.41) is 10.7. The van der Waals surface area contributed by atoms with Crippen molar-refractivity contribution in [3.8, 4) is 5.69 Å². The van der Waals surface area contributed by atoms with E-state index in [1.165, 1.54) is 0 Å². The maximum atomic E-state index is 13.3. The molecule has 2 heterocycles. The molecule has 0 saturated heterocycles. The van der Waals surface area contributed by atoms with Crippen molar-refractivity contribution in [2.75, 3.05) is 13.1 Å². The number of aromatic nitrogens is 4. The predicted octanol–water partition coefficient (Wildman–Crippen LogP) is 4.66. The smallest absolute Gasteiger partial charge is 0.276 e. The highest BCUT2D eigenvalue weighted by Crippen LogP contribution is 2.23. The van der Waals surface area contributed by atoms with Crippen LogP contribution in [0, 0.1) is 18.8 Å². The Labute approximate surface area is 172 Å². The van der Waals surface area contributed by atoms with Crippen molar-refractivity contribution in [3.05, 3.63) is 48.0 Å². The number of hydrogen-bond acceptors (Lipinski definition) is 4. The monoisotopic (exact) mass is 393 g/mol. The van der Waals surface area contributed by atoms with Crippen molar-refractivity contribution in [2.24, 2.45) is 11.8 Å². The highest BCUT2D eigenvalue weighted by atomic mass is 16.2. The van der Waals surface area contributed by atoms with Gasteiger partial charge in [0.2, 0.25) is 0 Å². The first-order valence-corrected chi connectivity index (χ1v) is 10.4. The van der Waals surface area contributed by atoms with Crippen molar-refractivity contribution in [1.82, 2.24) is 24.9 Å². The zero-order chi connectivity index (χ0) is 21.0. The molecule has 6 nitrogen and oxygen atoms in total. The highest BCUT2D eigenvalue weighted by Gasteiger charge is 2.23. The lowest BCUT2D eigenvalue weighted by molar-refractivity contribution is 0.0734. The predicted molar refractivity (Wildman–Crippen MR) is 116 cm³/mol. The van der Waals surface area contributed by atoms with Gasteiger partial charge in [-0.05, 0) is 43.7 Å². The number of rotatable bonds is 8. The van der Waals surface area contributed by atoms with Crippen LogP contribution in [0.15, 0.2) is 36.7 Å². The maximum absolute atomic E-state index is 13.3. The number of carbonyl (C=O) groups excluding carboxylic acids is 1. The third kappa shape index (κ3) is 4.81. The fourth-order valence-electron chi connectivity index (χ4n) is 3.34. The van der Waals surface area contributed by atoms with Crippen LogP contribution in [0.5, 0.6) is 0 Å². The lowest BCUT2D eigenvalue weighted by Crippen LogP contribution is -2.34. The third-order valence-electron chi connectivity index (χ3n) is 5.22. The summed E-state index contributed by atoms with van der Waals surface area (Å²) in [6.45, 7) is 12.1. The first-order valence-electron chi connectivity index (χ1n) is 10.4. The van der Waals surface area contributed by atoms with E-state index in [0.29, 0.717) is 17.5 Å². The zero-order valence-corrected chi connectivity index (χ0v) is 18.1. The van der Waals surface area contributed by atoms with Gasteiger partial charge < -0.3 is 4.90 Å². The number of nitrogens with zero attached hydrogens (tertiary/aromatic N) is 5. The van der Waals surface area contributed by atoms with E-state index < -0.39 is 0 Å². The van der Waals surface area contributed by atoms with Gasteiger partial charge in [-0.1, -0.05) is 45.0 Å². The Bertz CT molecular complexity index is 959. The van der Waals surface area contributed by atoms with E-state index in [1.807, 2.05) is 42.3 Å². The van der Waals surface area contributed by atoms with E-state index in [9.17, 15) is 4.79 Å². The molecule has 3 rings (SSSR count). The van der Waals surface area contributed by atoms with Crippen molar-refractivity contribution in [3.63, 3.8) is 0 Å². The van der Waals surface area contributed by atoms with E-state index in [0.717, 1.165) is 48.1 Å². The van der Waals surface area contributed by atoms with Gasteiger partial charge in [-0.2, -0.15) is 0 Å². The zero-order valence-electron chi connectivity index (χ0n) is 18.1. The summed E-state index contributed by atoms with van der Waals surface area (Å²) < 4.78 is 1.76. The van der Waals surface area contributed by atoms with E-state index in [1.54, 1.807) is 10.9 Å². The van der Waals surface area contributed by atoms with Crippen LogP contribution in [0.2, 0.25) is 0 Å². The minimum Gasteiger partial charge on any atom is -0.337 e. The van der Waals surface area contributed by atoms with Crippen LogP contribution in [0.25, 0.3) is 16.5 Å². The molecule has 6 heteroatoms. The van der Waals surface area contributed by atoms with Gasteiger partial charge in [0.15, 0.2) is 5.69 Å². The SMILES string of the molecule is Cc1c(C(=O)N(CCC(C)C)CCC(C)C)nnn1-c1cccc2cnccc12. The molecule has 1 aromatic carbocycles. The number of pyridine rings is 1. The van der Waals surface area contributed by atoms with Gasteiger partial charge in [-0.3, -0.25) is 9.78 Å². The summed E-state index contributed by atoms with van der Waals surface area (Å²) in [4.78, 5) is 19.4. The van der Waals surface area contributed by atoms with Gasteiger partial charge in [0.1, 0.15) is 0 Å². The molecule has 29 heavy (non-hydrogen) atoms. The fraction of sp³-hybridized carbons (Fsp3) is 0.478. The van der Waals surface area contributed by atoms with Gasteiger partial charge in [-0.25, -0.2) is 4.68 Å². The second kappa shape index (κ2) is 9.16. The van der Waals surface area contributed by atoms with Crippen molar-refractivity contribution in [1.29, 1.82) is 0 Å². The molecule has 0 bridgehead atoms. The summed E-state index contributed by atoms with van der Waals surface area (Å²) >= 11 is 0. The van der Waals surface area contributed by atoms with Crippen LogP contribution in [0.4, 0.5) is 0 Å². The molecule has 0 spiro atoms. The molecular weight excluding hydrogens is 362 g/mol. The number of fused-ring (bicyclic) bond motifs is 1. The second-order valence-electron chi connectivity index (χ2n) is 8.47. The Hall–Kier alpha value is -2.76. The molecule has 0 saturated carbocycles. The first kappa shape index (κ1) is 21.0. The van der Waals surface area contributed by atoms with Gasteiger partial charge in [-0.15, -0.1) is 5.10 Å². The van der Waals surface area contributed by atoms with Gasteiger partial charge >= 0.3 is 0 Å². The van der Waals surface area contributed by atoms with Gasteiger partial charge in [0.25, 0.3) is 5.91 Å². The van der Waals surface area contributed by atoms with Crippen LogP contribution in [-0.2, 0) is 0 Å². The molecular formula is C23H31N5O. The molecule has 154 valence electrons. The van der Waals surface area contributed by atoms with Crippen LogP contribution in [0.1, 0.15) is 56.7 Å². The van der Waals surface area contributed by atoms with Crippen molar-refractivity contribution in [2.45, 2.75) is 47.5 Å². The number of hydrogen-bond donors (Lipinski definition) is 0. The minimum atomic E-state index is -0.0306. The summed E-state index contributed by atoms with van der Waals surface area (Å²) in [6.07, 6.45) is 5.56. The Kier molecular flexibility index (Phi) is 6.62. The average molecular weight is 394 g/mol. The molecule has 0 aliphatic rings. The van der Waals surface area contributed by atoms with E-state index in [-0.39, 0.29) is 5.91 Å². The first-order chi connectivity index (χ1) is 13.9. The molecule has 0 atom stereocenters. The molecule has 0 fully saturated rings. The van der Waals surface area contributed by atoms with Gasteiger partial charge in [0.05, 0.1) is 11.4 Å². The van der Waals surface area contributed by atoms with E-state index >= 15 is 0 Å². The average Bonchev–Trinajstić information content (AvgIpc) is 3.08. The topological polar surface area (TPSA) is 63.9 Å². The molecule has 3 aromatic rings. The van der Waals surface area contributed by atoms with Crippen molar-refractivity contribution >= 4 is 16.7 Å². The Morgan fingerprint density at radius 1 is 1.07 bits per heavy atom. The summed E-state index contributed by atoms with van der Waals surface area (Å²) in [5.74, 6) is 1.06. The molecule has 0 aliphatic carbocycles. The fourth-order valence-corrected chi connectivity index (χ4v) is 3.34. The quantitative estimate of drug-likeness (QED) is 0.558. The largest absolute Gasteiger partial charge is 0.337 e. The summed E-state index contributed by atoms with van der Waals surface area (Å²) in [7, 11) is 0. The molecule has 2 aromatic heterocycles. The van der Waals surface area contributed by atoms with Gasteiger partial charge in [0, 0.05) is 36.3 Å². The van der Waals surface area contributed by atoms with Crippen LogP contribution < -0.4 is 0 Å². The normalized spacial score (nSPS) is 11.6. The maximum Gasteiger partial charge on any atom is 0.276 e. The summed E-state index contributed by atoms with van der Waals surface area (Å²) in [6, 6.07) is 7.95. The molecule has 0 unspecified atom stereocenters. The Morgan fingerprint density at radius 3 is 2.41 bits per heavy atom. The van der Waals surface area contributed by atoms with Crippen molar-refractivity contribution < 1.29 is 4.79 Å². The minimum absolute atomic E-state index is 0.0306. The standard InChI is InChI=1S/C23H31N5O/c1-16(2)10-13-27(14-11-17(3)4)23(29)22-18(5)28(26-25-22)21-8-6-7-19-15-24-12-9-20(19)21/h6-9,12,15-17H,10-11,13-14H2,1-5H3. The molecule has 0 radical (unpaired) electrons. The number of benzene rings is 1. The number of carbonyl (C=O) groups is 1. The van der Waals surface area contributed by atoms with Crippen LogP contribution in [0.3, 0.4) is 0 Å². The van der Waals surface area contributed by atoms with E-state index in [2.05, 4.69) is 43.0 Å². The lowest BCUT2D eigenvalue weighted by Gasteiger charge is -2.24. The summed E-state index contributed by atoms with van der Waals surface area (Å²) in [5.41, 5.74) is 2.10. The molecule has 1 amide bonds. The Balaban J connectivity index is 1.92. The van der Waals surface area contributed by atoms with Crippen LogP contribution >= 0.6 is 0 Å². The van der Waals surface area contributed by atoms with Crippen LogP contribution in [-0.4, -0.2) is 43.9 Å². The second-order valence-corrected chi connectivity index (χ2v) is 8.47.